The van der Waals surface area contributed by atoms with Gasteiger partial charge in [0.25, 0.3) is 5.91 Å². The van der Waals surface area contributed by atoms with E-state index in [9.17, 15) is 14.7 Å². The lowest BCUT2D eigenvalue weighted by Gasteiger charge is -2.29. The van der Waals surface area contributed by atoms with Gasteiger partial charge in [0.2, 0.25) is 5.78 Å². The zero-order valence-corrected chi connectivity index (χ0v) is 20.0. The number of hydrogen-bond acceptors (Lipinski definition) is 6. The smallest absolute Gasteiger partial charge is 0.294 e. The number of aliphatic hydroxyl groups is 1. The van der Waals surface area contributed by atoms with Gasteiger partial charge in [-0.3, -0.25) is 14.5 Å². The van der Waals surface area contributed by atoms with Gasteiger partial charge in [-0.1, -0.05) is 51.1 Å². The number of hydrogen-bond donors (Lipinski definition) is 1. The number of ether oxygens (including phenoxy) is 2. The van der Waals surface area contributed by atoms with Crippen LogP contribution in [-0.4, -0.2) is 30.0 Å². The highest BCUT2D eigenvalue weighted by Crippen LogP contribution is 2.45. The highest BCUT2D eigenvalue weighted by Gasteiger charge is 2.45. The summed E-state index contributed by atoms with van der Waals surface area (Å²) in [6.45, 7) is 7.24. The number of aliphatic hydroxyl groups excluding tert-OH is 1. The van der Waals surface area contributed by atoms with Gasteiger partial charge in [0, 0.05) is 11.8 Å². The van der Waals surface area contributed by atoms with Crippen LogP contribution in [0.3, 0.4) is 0 Å². The van der Waals surface area contributed by atoms with Crippen molar-refractivity contribution < 1.29 is 24.2 Å². The molecule has 0 aliphatic carbocycles. The van der Waals surface area contributed by atoms with Gasteiger partial charge in [0.15, 0.2) is 17.3 Å². The van der Waals surface area contributed by atoms with Crippen LogP contribution < -0.4 is 14.4 Å². The van der Waals surface area contributed by atoms with E-state index in [1.165, 1.54) is 16.2 Å². The molecule has 1 atom stereocenters. The Morgan fingerprint density at radius 1 is 1.03 bits per heavy atom. The van der Waals surface area contributed by atoms with Gasteiger partial charge in [-0.05, 0) is 40.1 Å². The molecule has 0 saturated carbocycles. The molecule has 1 aromatic heterocycles. The predicted molar refractivity (Wildman–Crippen MR) is 131 cm³/mol. The Morgan fingerprint density at radius 2 is 1.74 bits per heavy atom. The fourth-order valence-corrected chi connectivity index (χ4v) is 4.98. The van der Waals surface area contributed by atoms with E-state index in [0.717, 1.165) is 11.1 Å². The molecule has 7 heteroatoms. The lowest BCUT2D eigenvalue weighted by molar-refractivity contribution is -0.117. The summed E-state index contributed by atoms with van der Waals surface area (Å²) in [5, 5.41) is 12.7. The fraction of sp³-hybridized carbons (Fsp3) is 0.259. The molecule has 0 radical (unpaired) electrons. The van der Waals surface area contributed by atoms with Crippen LogP contribution >= 0.6 is 11.3 Å². The van der Waals surface area contributed by atoms with Crippen LogP contribution in [0.25, 0.3) is 0 Å². The maximum Gasteiger partial charge on any atom is 0.294 e. The van der Waals surface area contributed by atoms with Gasteiger partial charge in [0.1, 0.15) is 13.2 Å². The molecule has 3 heterocycles. The molecule has 2 aliphatic heterocycles. The fourth-order valence-electron chi connectivity index (χ4n) is 4.31. The molecule has 2 aromatic carbocycles. The number of ketones is 1. The van der Waals surface area contributed by atoms with Crippen molar-refractivity contribution in [1.29, 1.82) is 0 Å². The van der Waals surface area contributed by atoms with Crippen LogP contribution in [0.2, 0.25) is 0 Å². The number of amides is 1. The van der Waals surface area contributed by atoms with E-state index in [1.54, 1.807) is 35.7 Å². The molecule has 34 heavy (non-hydrogen) atoms. The molecule has 1 N–H and O–H groups in total. The average Bonchev–Trinajstić information content (AvgIpc) is 3.45. The first-order valence-electron chi connectivity index (χ1n) is 11.1. The number of thiophene rings is 1. The third-order valence-corrected chi connectivity index (χ3v) is 6.96. The molecule has 1 unspecified atom stereocenters. The van der Waals surface area contributed by atoms with Crippen molar-refractivity contribution >= 4 is 28.7 Å². The topological polar surface area (TPSA) is 76.1 Å². The number of nitrogens with zero attached hydrogens (tertiary/aromatic N) is 1. The summed E-state index contributed by atoms with van der Waals surface area (Å²) in [6.07, 6.45) is 0. The highest BCUT2D eigenvalue weighted by atomic mass is 32.1. The van der Waals surface area contributed by atoms with E-state index >= 15 is 0 Å². The average molecular weight is 476 g/mol. The zero-order valence-electron chi connectivity index (χ0n) is 19.2. The van der Waals surface area contributed by atoms with Crippen molar-refractivity contribution in [3.05, 3.63) is 87.3 Å². The summed E-state index contributed by atoms with van der Waals surface area (Å²) in [6, 6.07) is 15.7. The first kappa shape index (κ1) is 22.2. The summed E-state index contributed by atoms with van der Waals surface area (Å²) >= 11 is 1.28. The van der Waals surface area contributed by atoms with E-state index in [-0.39, 0.29) is 16.8 Å². The second-order valence-corrected chi connectivity index (χ2v) is 10.3. The zero-order chi connectivity index (χ0) is 24.0. The number of Topliss-reactive ketones (excluding diaryl/α,β-unsaturated/α-hetero) is 1. The van der Waals surface area contributed by atoms with Gasteiger partial charge >= 0.3 is 0 Å². The molecule has 174 valence electrons. The third kappa shape index (κ3) is 3.76. The molecule has 0 fully saturated rings. The Morgan fingerprint density at radius 3 is 2.38 bits per heavy atom. The first-order chi connectivity index (χ1) is 16.3. The third-order valence-electron chi connectivity index (χ3n) is 6.09. The maximum atomic E-state index is 13.5. The molecule has 3 aromatic rings. The number of rotatable bonds is 4. The number of fused-ring (bicyclic) bond motifs is 1. The van der Waals surface area contributed by atoms with Crippen molar-refractivity contribution in [1.82, 2.24) is 0 Å². The minimum absolute atomic E-state index is 0.0485. The molecule has 1 amide bonds. The number of carbonyl (C=O) groups is 2. The monoisotopic (exact) mass is 475 g/mol. The van der Waals surface area contributed by atoms with Crippen molar-refractivity contribution in [2.45, 2.75) is 32.2 Å². The number of benzene rings is 2. The van der Waals surface area contributed by atoms with Crippen LogP contribution in [0, 0.1) is 0 Å². The second kappa shape index (κ2) is 8.33. The number of anilines is 1. The molecule has 2 aliphatic rings. The van der Waals surface area contributed by atoms with Crippen LogP contribution in [-0.2, 0) is 10.2 Å². The van der Waals surface area contributed by atoms with Crippen LogP contribution in [0.1, 0.15) is 47.6 Å². The van der Waals surface area contributed by atoms with Crippen molar-refractivity contribution in [3.8, 4) is 11.5 Å². The molecule has 6 nitrogen and oxygen atoms in total. The van der Waals surface area contributed by atoms with Gasteiger partial charge in [0.05, 0.1) is 16.5 Å². The molecular formula is C27H25NO5S. The normalized spacial score (nSPS) is 17.9. The summed E-state index contributed by atoms with van der Waals surface area (Å²) in [7, 11) is 0. The maximum absolute atomic E-state index is 13.5. The summed E-state index contributed by atoms with van der Waals surface area (Å²) in [4.78, 5) is 28.7. The lowest BCUT2D eigenvalue weighted by atomic mass is 9.85. The predicted octanol–water partition coefficient (Wildman–Crippen LogP) is 5.60. The van der Waals surface area contributed by atoms with Gasteiger partial charge in [-0.2, -0.15) is 0 Å². The Kier molecular flexibility index (Phi) is 5.44. The van der Waals surface area contributed by atoms with Crippen LogP contribution in [0.4, 0.5) is 5.69 Å². The number of carbonyl (C=O) groups excluding carboxylic acids is 2. The minimum atomic E-state index is -0.779. The Bertz CT molecular complexity index is 1290. The van der Waals surface area contributed by atoms with Gasteiger partial charge < -0.3 is 14.6 Å². The van der Waals surface area contributed by atoms with E-state index in [2.05, 4.69) is 20.8 Å². The van der Waals surface area contributed by atoms with E-state index in [0.29, 0.717) is 35.3 Å². The van der Waals surface area contributed by atoms with Crippen molar-refractivity contribution in [3.63, 3.8) is 0 Å². The van der Waals surface area contributed by atoms with Crippen LogP contribution in [0.15, 0.2) is 71.3 Å². The van der Waals surface area contributed by atoms with Crippen LogP contribution in [0.5, 0.6) is 11.5 Å². The van der Waals surface area contributed by atoms with E-state index in [1.807, 2.05) is 24.3 Å². The van der Waals surface area contributed by atoms with E-state index < -0.39 is 17.7 Å². The van der Waals surface area contributed by atoms with Crippen molar-refractivity contribution in [2.75, 3.05) is 18.1 Å². The summed E-state index contributed by atoms with van der Waals surface area (Å²) in [5.74, 6) is -0.388. The first-order valence-corrected chi connectivity index (χ1v) is 12.0. The summed E-state index contributed by atoms with van der Waals surface area (Å²) < 4.78 is 11.3. The van der Waals surface area contributed by atoms with Gasteiger partial charge in [-0.15, -0.1) is 11.3 Å². The molecule has 0 spiro atoms. The van der Waals surface area contributed by atoms with E-state index in [4.69, 9.17) is 9.47 Å². The molecular weight excluding hydrogens is 450 g/mol. The summed E-state index contributed by atoms with van der Waals surface area (Å²) in [5.41, 5.74) is 2.41. The second-order valence-electron chi connectivity index (χ2n) is 9.35. The molecule has 0 bridgehead atoms. The molecule has 0 saturated heterocycles. The van der Waals surface area contributed by atoms with Crippen molar-refractivity contribution in [2.24, 2.45) is 0 Å². The minimum Gasteiger partial charge on any atom is -0.503 e. The standard InChI is InChI=1S/C27H25NO5S/c1-27(2,3)17-8-6-16(7-9-17)23-22(24(29)21-5-4-14-34-21)25(30)26(31)28(23)18-10-11-19-20(15-18)33-13-12-32-19/h4-11,14-15,23,30H,12-13H2,1-3H3. The Labute approximate surface area is 202 Å². The highest BCUT2D eigenvalue weighted by molar-refractivity contribution is 7.12. The van der Waals surface area contributed by atoms with Gasteiger partial charge in [-0.25, -0.2) is 0 Å². The largest absolute Gasteiger partial charge is 0.503 e. The quantitative estimate of drug-likeness (QED) is 0.497. The lowest BCUT2D eigenvalue weighted by Crippen LogP contribution is -2.31. The molecule has 5 rings (SSSR count). The Hall–Kier alpha value is -3.58. The Balaban J connectivity index is 1.63. The SMILES string of the molecule is CC(C)(C)c1ccc(C2C(C(=O)c3cccs3)=C(O)C(=O)N2c2ccc3c(c2)OCCO3)cc1.